The molecule has 0 rings (SSSR count). The monoisotopic (exact) mass is 278 g/mol. The van der Waals surface area contributed by atoms with E-state index in [2.05, 4.69) is 6.58 Å². The number of unbranched alkanes of at least 4 members (excludes halogenated alkanes) is 1. The quantitative estimate of drug-likeness (QED) is 0.303. The normalized spacial score (nSPS) is 12.2. The number of hydrogen-bond donors (Lipinski definition) is 1. The summed E-state index contributed by atoms with van der Waals surface area (Å²) in [5, 5.41) is 0. The van der Waals surface area contributed by atoms with Crippen molar-refractivity contribution in [2.75, 3.05) is 6.61 Å². The highest BCUT2D eigenvalue weighted by molar-refractivity contribution is 7.87. The summed E-state index contributed by atoms with van der Waals surface area (Å²) >= 11 is 0. The maximum absolute atomic E-state index is 11.4. The molecule has 0 saturated carbocycles. The molecular formula is C12H22O5S. The van der Waals surface area contributed by atoms with E-state index in [1.165, 1.54) is 0 Å². The molecule has 1 N–H and O–H groups in total. The predicted octanol–water partition coefficient (Wildman–Crippen LogP) is 2.33. The van der Waals surface area contributed by atoms with Crippen LogP contribution < -0.4 is 0 Å². The number of ether oxygens (including phenoxy) is 1. The Morgan fingerprint density at radius 3 is 2.28 bits per heavy atom. The lowest BCUT2D eigenvalue weighted by atomic mass is 9.95. The largest absolute Gasteiger partial charge is 0.463 e. The van der Waals surface area contributed by atoms with Gasteiger partial charge in [-0.05, 0) is 32.1 Å². The van der Waals surface area contributed by atoms with Crippen molar-refractivity contribution in [2.24, 2.45) is 0 Å². The third-order valence-corrected chi connectivity index (χ3v) is 5.15. The number of carbonyl (C=O) groups excluding carboxylic acids is 1. The fourth-order valence-electron chi connectivity index (χ4n) is 1.88. The summed E-state index contributed by atoms with van der Waals surface area (Å²) in [7, 11) is -4.06. The summed E-state index contributed by atoms with van der Waals surface area (Å²) in [4.78, 5) is 10.8. The second-order valence-corrected chi connectivity index (χ2v) is 6.01. The van der Waals surface area contributed by atoms with Gasteiger partial charge in [-0.3, -0.25) is 4.55 Å². The molecule has 0 spiro atoms. The fraction of sp³-hybridized carbons (Fsp3) is 0.750. The molecule has 5 nitrogen and oxygen atoms in total. The molecule has 0 aromatic carbocycles. The first kappa shape index (κ1) is 17.1. The lowest BCUT2D eigenvalue weighted by Gasteiger charge is -2.27. The van der Waals surface area contributed by atoms with E-state index in [0.29, 0.717) is 32.1 Å². The molecule has 0 aliphatic carbocycles. The summed E-state index contributed by atoms with van der Waals surface area (Å²) in [5.41, 5.74) is 0. The molecule has 18 heavy (non-hydrogen) atoms. The van der Waals surface area contributed by atoms with Crippen LogP contribution in [0.2, 0.25) is 0 Å². The SMILES string of the molecule is C=CC(=O)OCCCCC(CC)(CC)S(=O)(=O)O. The minimum absolute atomic E-state index is 0.236. The van der Waals surface area contributed by atoms with Crippen LogP contribution in [0.3, 0.4) is 0 Å². The molecule has 0 aliphatic heterocycles. The van der Waals surface area contributed by atoms with Crippen molar-refractivity contribution >= 4 is 16.1 Å². The van der Waals surface area contributed by atoms with Crippen LogP contribution in [0.5, 0.6) is 0 Å². The molecule has 106 valence electrons. The van der Waals surface area contributed by atoms with Crippen molar-refractivity contribution in [2.45, 2.75) is 50.7 Å². The topological polar surface area (TPSA) is 80.7 Å². The molecule has 0 atom stereocenters. The van der Waals surface area contributed by atoms with Gasteiger partial charge in [0.05, 0.1) is 11.4 Å². The summed E-state index contributed by atoms with van der Waals surface area (Å²) in [5.74, 6) is -0.484. The summed E-state index contributed by atoms with van der Waals surface area (Å²) in [6.07, 6.45) is 3.33. The molecule has 0 heterocycles. The van der Waals surface area contributed by atoms with Crippen LogP contribution in [0.15, 0.2) is 12.7 Å². The van der Waals surface area contributed by atoms with Gasteiger partial charge in [0.1, 0.15) is 0 Å². The molecule has 0 aromatic heterocycles. The van der Waals surface area contributed by atoms with Gasteiger partial charge in [-0.15, -0.1) is 0 Å². The zero-order chi connectivity index (χ0) is 14.2. The molecule has 0 fully saturated rings. The molecule has 6 heteroatoms. The van der Waals surface area contributed by atoms with Crippen LogP contribution in [0, 0.1) is 0 Å². The van der Waals surface area contributed by atoms with Gasteiger partial charge < -0.3 is 4.74 Å². The van der Waals surface area contributed by atoms with E-state index in [0.717, 1.165) is 6.08 Å². The Labute approximate surface area is 109 Å². The molecule has 0 bridgehead atoms. The van der Waals surface area contributed by atoms with Crippen LogP contribution >= 0.6 is 0 Å². The van der Waals surface area contributed by atoms with Gasteiger partial charge in [-0.2, -0.15) is 8.42 Å². The second kappa shape index (κ2) is 7.53. The molecule has 0 aromatic rings. The van der Waals surface area contributed by atoms with E-state index in [1.807, 2.05) is 0 Å². The van der Waals surface area contributed by atoms with E-state index >= 15 is 0 Å². The molecule has 0 aliphatic rings. The highest BCUT2D eigenvalue weighted by Crippen LogP contribution is 2.30. The van der Waals surface area contributed by atoms with E-state index in [9.17, 15) is 17.8 Å². The van der Waals surface area contributed by atoms with Crippen molar-refractivity contribution in [3.63, 3.8) is 0 Å². The minimum Gasteiger partial charge on any atom is -0.463 e. The second-order valence-electron chi connectivity index (χ2n) is 4.19. The van der Waals surface area contributed by atoms with Crippen molar-refractivity contribution < 1.29 is 22.5 Å². The third kappa shape index (κ3) is 4.78. The number of esters is 1. The van der Waals surface area contributed by atoms with E-state index in [1.54, 1.807) is 13.8 Å². The average Bonchev–Trinajstić information content (AvgIpc) is 2.32. The standard InChI is InChI=1S/C12H22O5S/c1-4-11(13)17-10-8-7-9-12(5-2,6-3)18(14,15)16/h4H,1,5-10H2,2-3H3,(H,14,15,16). The smallest absolute Gasteiger partial charge is 0.330 e. The summed E-state index contributed by atoms with van der Waals surface area (Å²) < 4.78 is 35.8. The lowest BCUT2D eigenvalue weighted by molar-refractivity contribution is -0.137. The number of carbonyl (C=O) groups is 1. The Kier molecular flexibility index (Phi) is 7.16. The van der Waals surface area contributed by atoms with Crippen molar-refractivity contribution in [3.8, 4) is 0 Å². The predicted molar refractivity (Wildman–Crippen MR) is 69.9 cm³/mol. The lowest BCUT2D eigenvalue weighted by Crippen LogP contribution is -2.37. The Bertz CT molecular complexity index is 368. The Morgan fingerprint density at radius 1 is 1.33 bits per heavy atom. The zero-order valence-corrected chi connectivity index (χ0v) is 11.8. The van der Waals surface area contributed by atoms with Crippen molar-refractivity contribution in [3.05, 3.63) is 12.7 Å². The summed E-state index contributed by atoms with van der Waals surface area (Å²) in [6, 6.07) is 0. The third-order valence-electron chi connectivity index (χ3n) is 3.27. The van der Waals surface area contributed by atoms with Gasteiger partial charge in [0, 0.05) is 6.08 Å². The van der Waals surface area contributed by atoms with Gasteiger partial charge in [0.25, 0.3) is 10.1 Å². The van der Waals surface area contributed by atoms with Gasteiger partial charge in [0.15, 0.2) is 0 Å². The molecule has 0 amide bonds. The van der Waals surface area contributed by atoms with E-state index < -0.39 is 20.8 Å². The van der Waals surface area contributed by atoms with E-state index in [-0.39, 0.29) is 6.61 Å². The van der Waals surface area contributed by atoms with Gasteiger partial charge in [0.2, 0.25) is 0 Å². The van der Waals surface area contributed by atoms with Crippen LogP contribution in [-0.2, 0) is 19.6 Å². The summed E-state index contributed by atoms with van der Waals surface area (Å²) in [6.45, 7) is 7.00. The van der Waals surface area contributed by atoms with Crippen LogP contribution in [0.25, 0.3) is 0 Å². The Hall–Kier alpha value is -0.880. The fourth-order valence-corrected chi connectivity index (χ4v) is 3.01. The average molecular weight is 278 g/mol. The molecule has 0 saturated heterocycles. The first-order valence-corrected chi connectivity index (χ1v) is 7.53. The molecular weight excluding hydrogens is 256 g/mol. The molecule has 0 unspecified atom stereocenters. The van der Waals surface area contributed by atoms with Gasteiger partial charge >= 0.3 is 5.97 Å². The minimum atomic E-state index is -4.06. The van der Waals surface area contributed by atoms with Crippen molar-refractivity contribution in [1.29, 1.82) is 0 Å². The number of hydrogen-bond acceptors (Lipinski definition) is 4. The Balaban J connectivity index is 4.23. The Morgan fingerprint density at radius 2 is 1.89 bits per heavy atom. The maximum atomic E-state index is 11.4. The zero-order valence-electron chi connectivity index (χ0n) is 11.0. The van der Waals surface area contributed by atoms with Crippen LogP contribution in [0.4, 0.5) is 0 Å². The highest BCUT2D eigenvalue weighted by Gasteiger charge is 2.38. The van der Waals surface area contributed by atoms with Crippen molar-refractivity contribution in [1.82, 2.24) is 0 Å². The molecule has 0 radical (unpaired) electrons. The first-order valence-electron chi connectivity index (χ1n) is 6.09. The highest BCUT2D eigenvalue weighted by atomic mass is 32.2. The van der Waals surface area contributed by atoms with Crippen LogP contribution in [-0.4, -0.2) is 30.3 Å². The van der Waals surface area contributed by atoms with Gasteiger partial charge in [-0.1, -0.05) is 20.4 Å². The van der Waals surface area contributed by atoms with Crippen LogP contribution in [0.1, 0.15) is 46.0 Å². The van der Waals surface area contributed by atoms with E-state index in [4.69, 9.17) is 4.74 Å². The first-order chi connectivity index (χ1) is 8.33. The van der Waals surface area contributed by atoms with Gasteiger partial charge in [-0.25, -0.2) is 4.79 Å². The maximum Gasteiger partial charge on any atom is 0.330 e. The number of rotatable bonds is 9.